The molecule has 0 amide bonds. The van der Waals surface area contributed by atoms with Gasteiger partial charge in [-0.05, 0) is 36.0 Å². The van der Waals surface area contributed by atoms with Crippen LogP contribution in [0.5, 0.6) is 0 Å². The summed E-state index contributed by atoms with van der Waals surface area (Å²) in [6.45, 7) is 12.5. The first-order chi connectivity index (χ1) is 10.9. The second kappa shape index (κ2) is 6.60. The van der Waals surface area contributed by atoms with E-state index in [1.165, 1.54) is 12.8 Å². The largest absolute Gasteiger partial charge is 0.395 e. The molecule has 0 spiro atoms. The molecule has 2 aliphatic carbocycles. The van der Waals surface area contributed by atoms with Crippen LogP contribution < -0.4 is 0 Å². The van der Waals surface area contributed by atoms with E-state index in [1.807, 2.05) is 0 Å². The molecule has 2 bridgehead atoms. The van der Waals surface area contributed by atoms with Crippen LogP contribution in [0.1, 0.15) is 40.0 Å². The molecule has 1 heterocycles. The highest BCUT2D eigenvalue weighted by atomic mass is 16.6. The van der Waals surface area contributed by atoms with Crippen molar-refractivity contribution in [1.29, 1.82) is 0 Å². The summed E-state index contributed by atoms with van der Waals surface area (Å²) in [5.74, 6) is 0.742. The number of rotatable bonds is 6. The maximum absolute atomic E-state index is 10.4. The Balaban J connectivity index is 1.47. The quantitative estimate of drug-likeness (QED) is 0.717. The molecule has 3 fully saturated rings. The van der Waals surface area contributed by atoms with Crippen LogP contribution in [0.4, 0.5) is 0 Å². The molecule has 0 radical (unpaired) electrons. The lowest BCUT2D eigenvalue weighted by atomic mass is 9.70. The summed E-state index contributed by atoms with van der Waals surface area (Å²) in [6, 6.07) is 0. The van der Waals surface area contributed by atoms with E-state index in [0.717, 1.165) is 45.1 Å². The molecule has 0 aromatic heterocycles. The number of nitrogens with zero attached hydrogens (tertiary/aromatic N) is 2. The zero-order valence-electron chi connectivity index (χ0n) is 15.0. The fraction of sp³-hybridized carbons (Fsp3) is 1.00. The Bertz CT molecular complexity index is 409. The molecular formula is C18H34N2O3. The van der Waals surface area contributed by atoms with Crippen molar-refractivity contribution in [3.8, 4) is 0 Å². The fourth-order valence-corrected chi connectivity index (χ4v) is 5.13. The predicted molar refractivity (Wildman–Crippen MR) is 90.1 cm³/mol. The lowest BCUT2D eigenvalue weighted by Gasteiger charge is -2.40. The molecule has 0 aromatic rings. The van der Waals surface area contributed by atoms with Gasteiger partial charge in [-0.15, -0.1) is 0 Å². The van der Waals surface area contributed by atoms with Gasteiger partial charge < -0.3 is 14.9 Å². The number of ether oxygens (including phenoxy) is 1. The van der Waals surface area contributed by atoms with Gasteiger partial charge in [0.1, 0.15) is 0 Å². The van der Waals surface area contributed by atoms with E-state index in [1.54, 1.807) is 0 Å². The van der Waals surface area contributed by atoms with Crippen molar-refractivity contribution >= 4 is 0 Å². The van der Waals surface area contributed by atoms with Crippen molar-refractivity contribution in [2.45, 2.75) is 52.4 Å². The minimum Gasteiger partial charge on any atom is -0.395 e. The average Bonchev–Trinajstić information content (AvgIpc) is 2.83. The van der Waals surface area contributed by atoms with Crippen LogP contribution in [0, 0.1) is 16.7 Å². The van der Waals surface area contributed by atoms with E-state index in [2.05, 4.69) is 30.6 Å². The smallest absolute Gasteiger partial charge is 0.167 e. The Morgan fingerprint density at radius 2 is 1.78 bits per heavy atom. The molecule has 134 valence electrons. The van der Waals surface area contributed by atoms with Crippen LogP contribution in [0.25, 0.3) is 0 Å². The second-order valence-electron chi connectivity index (χ2n) is 8.56. The van der Waals surface area contributed by atoms with Gasteiger partial charge in [0.15, 0.2) is 6.29 Å². The lowest BCUT2D eigenvalue weighted by Crippen LogP contribution is -2.50. The summed E-state index contributed by atoms with van der Waals surface area (Å²) >= 11 is 0. The van der Waals surface area contributed by atoms with Crippen molar-refractivity contribution in [2.24, 2.45) is 16.7 Å². The number of fused-ring (bicyclic) bond motifs is 2. The highest BCUT2D eigenvalue weighted by Crippen LogP contribution is 2.66. The first kappa shape index (κ1) is 17.6. The summed E-state index contributed by atoms with van der Waals surface area (Å²) in [6.07, 6.45) is 3.15. The van der Waals surface area contributed by atoms with Crippen molar-refractivity contribution in [3.63, 3.8) is 0 Å². The van der Waals surface area contributed by atoms with Crippen LogP contribution in [0.15, 0.2) is 0 Å². The first-order valence-corrected chi connectivity index (χ1v) is 9.26. The zero-order chi connectivity index (χ0) is 16.7. The fourth-order valence-electron chi connectivity index (χ4n) is 5.13. The second-order valence-corrected chi connectivity index (χ2v) is 8.56. The Morgan fingerprint density at radius 1 is 1.13 bits per heavy atom. The van der Waals surface area contributed by atoms with Crippen LogP contribution in [-0.2, 0) is 4.74 Å². The number of aliphatic hydroxyl groups excluding tert-OH is 2. The standard InChI is InChI=1S/C18H34N2O3/c1-17(2)14-4-5-18(17,3)15(12-14)23-16(22)13-20-8-6-19(7-9-20)10-11-21/h14-16,21-22H,4-13H2,1-3H3/t14-,15-,16+,18-/m0/s1. The Hall–Kier alpha value is -0.200. The summed E-state index contributed by atoms with van der Waals surface area (Å²) < 4.78 is 6.12. The molecular weight excluding hydrogens is 292 g/mol. The topological polar surface area (TPSA) is 56.2 Å². The third-order valence-corrected chi connectivity index (χ3v) is 7.33. The SMILES string of the molecule is CC1(C)[C@H]2CC[C@@]1(C)[C@@H](O[C@@H](O)CN1CCN(CCO)CC1)C2. The van der Waals surface area contributed by atoms with E-state index in [0.29, 0.717) is 12.0 Å². The van der Waals surface area contributed by atoms with Crippen molar-refractivity contribution < 1.29 is 14.9 Å². The molecule has 1 aliphatic heterocycles. The predicted octanol–water partition coefficient (Wildman–Crippen LogP) is 1.15. The monoisotopic (exact) mass is 326 g/mol. The van der Waals surface area contributed by atoms with Gasteiger partial charge >= 0.3 is 0 Å². The highest BCUT2D eigenvalue weighted by molar-refractivity contribution is 5.11. The number of β-amino-alcohol motifs (C(OH)–C–C–N with tert-alkyl or cyclic N) is 2. The van der Waals surface area contributed by atoms with E-state index < -0.39 is 6.29 Å². The van der Waals surface area contributed by atoms with Crippen molar-refractivity contribution in [1.82, 2.24) is 9.80 Å². The average molecular weight is 326 g/mol. The normalized spacial score (nSPS) is 39.0. The van der Waals surface area contributed by atoms with Crippen LogP contribution in [0.3, 0.4) is 0 Å². The number of hydrogen-bond donors (Lipinski definition) is 2. The highest BCUT2D eigenvalue weighted by Gasteiger charge is 2.62. The Morgan fingerprint density at radius 3 is 2.30 bits per heavy atom. The summed E-state index contributed by atoms with van der Waals surface area (Å²) in [5, 5.41) is 19.4. The van der Waals surface area contributed by atoms with Gasteiger partial charge in [0.05, 0.1) is 12.7 Å². The van der Waals surface area contributed by atoms with Gasteiger partial charge in [-0.3, -0.25) is 9.80 Å². The van der Waals surface area contributed by atoms with Crippen LogP contribution in [0.2, 0.25) is 0 Å². The molecule has 5 nitrogen and oxygen atoms in total. The van der Waals surface area contributed by atoms with E-state index in [-0.39, 0.29) is 18.1 Å². The minimum absolute atomic E-state index is 0.196. The van der Waals surface area contributed by atoms with Gasteiger partial charge in [0, 0.05) is 39.3 Å². The maximum Gasteiger partial charge on any atom is 0.167 e. The molecule has 5 heteroatoms. The Kier molecular flexibility index (Phi) is 5.06. The summed E-state index contributed by atoms with van der Waals surface area (Å²) in [4.78, 5) is 4.54. The summed E-state index contributed by atoms with van der Waals surface area (Å²) in [7, 11) is 0. The maximum atomic E-state index is 10.4. The lowest BCUT2D eigenvalue weighted by molar-refractivity contribution is -0.181. The van der Waals surface area contributed by atoms with Gasteiger partial charge in [-0.1, -0.05) is 20.8 Å². The molecule has 3 rings (SSSR count). The first-order valence-electron chi connectivity index (χ1n) is 9.26. The molecule has 2 N–H and O–H groups in total. The Labute approximate surface area is 140 Å². The molecule has 2 saturated carbocycles. The third-order valence-electron chi connectivity index (χ3n) is 7.33. The van der Waals surface area contributed by atoms with E-state index in [4.69, 9.17) is 9.84 Å². The molecule has 4 atom stereocenters. The molecule has 3 aliphatic rings. The molecule has 1 saturated heterocycles. The van der Waals surface area contributed by atoms with Gasteiger partial charge in [0.2, 0.25) is 0 Å². The molecule has 0 aromatic carbocycles. The number of piperazine rings is 1. The van der Waals surface area contributed by atoms with Gasteiger partial charge in [-0.25, -0.2) is 0 Å². The van der Waals surface area contributed by atoms with Crippen molar-refractivity contribution in [3.05, 3.63) is 0 Å². The molecule has 0 unspecified atom stereocenters. The van der Waals surface area contributed by atoms with Crippen LogP contribution >= 0.6 is 0 Å². The molecule has 23 heavy (non-hydrogen) atoms. The third kappa shape index (κ3) is 3.19. The van der Waals surface area contributed by atoms with Crippen LogP contribution in [-0.4, -0.2) is 78.3 Å². The zero-order valence-corrected chi connectivity index (χ0v) is 15.0. The number of hydrogen-bond acceptors (Lipinski definition) is 5. The van der Waals surface area contributed by atoms with Gasteiger partial charge in [0.25, 0.3) is 0 Å². The van der Waals surface area contributed by atoms with E-state index in [9.17, 15) is 5.11 Å². The van der Waals surface area contributed by atoms with Gasteiger partial charge in [-0.2, -0.15) is 0 Å². The minimum atomic E-state index is -0.684. The van der Waals surface area contributed by atoms with E-state index >= 15 is 0 Å². The number of aliphatic hydroxyl groups is 2. The van der Waals surface area contributed by atoms with Crippen molar-refractivity contribution in [2.75, 3.05) is 45.9 Å². The summed E-state index contributed by atoms with van der Waals surface area (Å²) in [5.41, 5.74) is 0.534.